The lowest BCUT2D eigenvalue weighted by atomic mass is 9.72. The molecule has 0 aliphatic rings. The van der Waals surface area contributed by atoms with Crippen molar-refractivity contribution in [3.05, 3.63) is 102 Å². The number of nitro benzene ring substituents is 3. The number of hydrogen-bond acceptors (Lipinski definition) is 7. The van der Waals surface area contributed by atoms with Gasteiger partial charge in [-0.2, -0.15) is 10.4 Å². The van der Waals surface area contributed by atoms with E-state index in [4.69, 9.17) is 0 Å². The van der Waals surface area contributed by atoms with Crippen LogP contribution in [0.4, 0.5) is 34.1 Å². The van der Waals surface area contributed by atoms with Gasteiger partial charge in [0.2, 0.25) is 0 Å². The lowest BCUT2D eigenvalue weighted by Gasteiger charge is -2.33. The molecule has 0 saturated heterocycles. The van der Waals surface area contributed by atoms with E-state index in [2.05, 4.69) is 69.2 Å². The molecule has 3 rings (SSSR count). The standard InChI is InChI=1S/C34H45N5O6/c1-31(2,3)21-33(7,8)23-11-15-25(16-12-23)36(26-17-13-24(14-18-26)34(9,10)22-32(4,5)6)35-30-28(38(42)43)19-27(37(40)41)20-29(30)39(44)45/h11-20,35H,21-22H2,1-10H3/p+1. The van der Waals surface area contributed by atoms with Crippen LogP contribution < -0.4 is 10.4 Å². The molecule has 11 nitrogen and oxygen atoms in total. The van der Waals surface area contributed by atoms with Crippen LogP contribution in [0.3, 0.4) is 0 Å². The maximum absolute atomic E-state index is 12.1. The van der Waals surface area contributed by atoms with Crippen molar-refractivity contribution in [2.75, 3.05) is 5.01 Å². The Morgan fingerprint density at radius 3 is 1.18 bits per heavy atom. The third kappa shape index (κ3) is 8.85. The summed E-state index contributed by atoms with van der Waals surface area (Å²) in [4.78, 5) is 33.1. The summed E-state index contributed by atoms with van der Waals surface area (Å²) in [6, 6.07) is 17.1. The number of hydrogen-bond donors (Lipinski definition) is 1. The molecule has 0 saturated carbocycles. The zero-order valence-corrected chi connectivity index (χ0v) is 28.0. The molecule has 11 heteroatoms. The molecule has 2 N–H and O–H groups in total. The molecule has 0 amide bonds. The second-order valence-electron chi connectivity index (χ2n) is 15.5. The predicted octanol–water partition coefficient (Wildman–Crippen LogP) is 8.79. The first-order valence-electron chi connectivity index (χ1n) is 15.0. The number of rotatable bonds is 11. The Morgan fingerprint density at radius 2 is 0.911 bits per heavy atom. The molecule has 0 fully saturated rings. The first kappa shape index (κ1) is 35.1. The molecule has 0 atom stereocenters. The molecule has 242 valence electrons. The molecule has 0 aromatic heterocycles. The molecule has 45 heavy (non-hydrogen) atoms. The van der Waals surface area contributed by atoms with Gasteiger partial charge in [0, 0.05) is 0 Å². The van der Waals surface area contributed by atoms with E-state index in [0.717, 1.165) is 36.1 Å². The fraction of sp³-hybridized carbons (Fsp3) is 0.471. The van der Waals surface area contributed by atoms with Gasteiger partial charge in [0.15, 0.2) is 0 Å². The fourth-order valence-corrected chi connectivity index (χ4v) is 6.58. The van der Waals surface area contributed by atoms with Gasteiger partial charge in [0.1, 0.15) is 12.1 Å². The molecule has 0 radical (unpaired) electrons. The lowest BCUT2D eigenvalue weighted by molar-refractivity contribution is -0.585. The van der Waals surface area contributed by atoms with Crippen LogP contribution >= 0.6 is 0 Å². The monoisotopic (exact) mass is 620 g/mol. The highest BCUT2D eigenvalue weighted by Crippen LogP contribution is 2.40. The number of benzene rings is 3. The lowest BCUT2D eigenvalue weighted by Crippen LogP contribution is -2.88. The van der Waals surface area contributed by atoms with Crippen LogP contribution in [0, 0.1) is 41.2 Å². The maximum atomic E-state index is 12.1. The SMILES string of the molecule is CC(C)(C)CC(C)(C)c1ccc(N([NH2+]c2c([N+](=O)[O-])cc([N+](=O)[O-])cc2[N+](=O)[O-])c2ccc(C(C)(C)CC(C)(C)C)cc2)cc1. The van der Waals surface area contributed by atoms with Crippen LogP contribution in [0.15, 0.2) is 60.7 Å². The van der Waals surface area contributed by atoms with E-state index in [0.29, 0.717) is 11.4 Å². The normalized spacial score (nSPS) is 12.6. The number of nitrogens with two attached hydrogens (primary N) is 1. The Kier molecular flexibility index (Phi) is 9.79. The van der Waals surface area contributed by atoms with Crippen molar-refractivity contribution in [2.45, 2.75) is 92.9 Å². The highest BCUT2D eigenvalue weighted by molar-refractivity contribution is 5.71. The van der Waals surface area contributed by atoms with Gasteiger partial charge >= 0.3 is 17.1 Å². The first-order chi connectivity index (χ1) is 20.5. The maximum Gasteiger partial charge on any atom is 0.345 e. The highest BCUT2D eigenvalue weighted by Gasteiger charge is 2.37. The molecule has 0 aliphatic heterocycles. The number of non-ortho nitro benzene ring substituents is 1. The summed E-state index contributed by atoms with van der Waals surface area (Å²) in [5.41, 5.74) is 2.16. The molecular formula is C34H46N5O6+. The smallest absolute Gasteiger partial charge is 0.258 e. The molecule has 3 aromatic rings. The molecule has 0 unspecified atom stereocenters. The molecular weight excluding hydrogens is 574 g/mol. The Bertz CT molecular complexity index is 1460. The molecule has 0 heterocycles. The van der Waals surface area contributed by atoms with Gasteiger partial charge in [-0.1, -0.05) is 93.5 Å². The Morgan fingerprint density at radius 1 is 0.578 bits per heavy atom. The van der Waals surface area contributed by atoms with Gasteiger partial charge in [0.25, 0.3) is 5.69 Å². The summed E-state index contributed by atoms with van der Waals surface area (Å²) in [6.45, 7) is 21.9. The molecule has 0 bridgehead atoms. The fourth-order valence-electron chi connectivity index (χ4n) is 6.58. The van der Waals surface area contributed by atoms with Gasteiger partial charge < -0.3 is 0 Å². The molecule has 3 aromatic carbocycles. The quantitative estimate of drug-likeness (QED) is 0.0974. The number of quaternary nitrogens is 1. The average Bonchev–Trinajstić information content (AvgIpc) is 2.88. The zero-order valence-electron chi connectivity index (χ0n) is 28.0. The first-order valence-corrected chi connectivity index (χ1v) is 15.0. The summed E-state index contributed by atoms with van der Waals surface area (Å²) in [7, 11) is 0. The van der Waals surface area contributed by atoms with Crippen LogP contribution in [-0.2, 0) is 10.8 Å². The Hall–Kier alpha value is -4.38. The van der Waals surface area contributed by atoms with Crippen LogP contribution in [0.1, 0.15) is 93.2 Å². The van der Waals surface area contributed by atoms with Crippen molar-refractivity contribution in [1.82, 2.24) is 0 Å². The average molecular weight is 621 g/mol. The van der Waals surface area contributed by atoms with Gasteiger partial charge in [-0.3, -0.25) is 30.3 Å². The number of anilines is 2. The van der Waals surface area contributed by atoms with Gasteiger partial charge in [-0.05, 0) is 69.9 Å². The van der Waals surface area contributed by atoms with Crippen molar-refractivity contribution in [1.29, 1.82) is 0 Å². The molecule has 0 spiro atoms. The van der Waals surface area contributed by atoms with E-state index < -0.39 is 31.8 Å². The van der Waals surface area contributed by atoms with E-state index in [-0.39, 0.29) is 27.3 Å². The highest BCUT2D eigenvalue weighted by atomic mass is 16.6. The van der Waals surface area contributed by atoms with Crippen LogP contribution in [0.25, 0.3) is 0 Å². The van der Waals surface area contributed by atoms with Crippen molar-refractivity contribution < 1.29 is 20.2 Å². The van der Waals surface area contributed by atoms with Gasteiger partial charge in [0.05, 0.1) is 26.1 Å². The Labute approximate surface area is 265 Å². The van der Waals surface area contributed by atoms with Crippen molar-refractivity contribution in [2.24, 2.45) is 10.8 Å². The zero-order chi connectivity index (χ0) is 34.1. The van der Waals surface area contributed by atoms with Gasteiger partial charge in [-0.25, -0.2) is 0 Å². The summed E-state index contributed by atoms with van der Waals surface area (Å²) in [5.74, 6) is 0. The van der Waals surface area contributed by atoms with E-state index in [1.54, 1.807) is 5.01 Å². The minimum Gasteiger partial charge on any atom is -0.258 e. The minimum absolute atomic E-state index is 0.0955. The largest absolute Gasteiger partial charge is 0.345 e. The molecule has 0 aliphatic carbocycles. The van der Waals surface area contributed by atoms with Crippen molar-refractivity contribution in [3.63, 3.8) is 0 Å². The van der Waals surface area contributed by atoms with Crippen molar-refractivity contribution in [3.8, 4) is 0 Å². The third-order valence-corrected chi connectivity index (χ3v) is 7.78. The Balaban J connectivity index is 2.20. The number of nitro groups is 3. The van der Waals surface area contributed by atoms with Gasteiger partial charge in [-0.15, -0.1) is 0 Å². The topological polar surface area (TPSA) is 149 Å². The second-order valence-corrected chi connectivity index (χ2v) is 15.5. The predicted molar refractivity (Wildman–Crippen MR) is 177 cm³/mol. The van der Waals surface area contributed by atoms with E-state index in [1.807, 2.05) is 48.5 Å². The van der Waals surface area contributed by atoms with Crippen LogP contribution in [-0.4, -0.2) is 14.8 Å². The summed E-state index contributed by atoms with van der Waals surface area (Å²) in [5, 5.41) is 37.3. The number of nitrogens with zero attached hydrogens (tertiary/aromatic N) is 4. The van der Waals surface area contributed by atoms with Crippen molar-refractivity contribution >= 4 is 34.1 Å². The third-order valence-electron chi connectivity index (χ3n) is 7.78. The van der Waals surface area contributed by atoms with E-state index in [9.17, 15) is 30.3 Å². The van der Waals surface area contributed by atoms with E-state index in [1.165, 1.54) is 5.43 Å². The minimum atomic E-state index is -0.877. The van der Waals surface area contributed by atoms with Crippen LogP contribution in [0.5, 0.6) is 0 Å². The van der Waals surface area contributed by atoms with Crippen LogP contribution in [0.2, 0.25) is 0 Å². The van der Waals surface area contributed by atoms with E-state index >= 15 is 0 Å². The summed E-state index contributed by atoms with van der Waals surface area (Å²) < 4.78 is 0. The summed E-state index contributed by atoms with van der Waals surface area (Å²) >= 11 is 0. The second kappa shape index (κ2) is 12.5. The summed E-state index contributed by atoms with van der Waals surface area (Å²) in [6.07, 6.45) is 1.87.